The van der Waals surface area contributed by atoms with Gasteiger partial charge in [0.05, 0.1) is 6.04 Å². The lowest BCUT2D eigenvalue weighted by Gasteiger charge is -2.25. The van der Waals surface area contributed by atoms with Crippen LogP contribution < -0.4 is 10.6 Å². The van der Waals surface area contributed by atoms with Crippen LogP contribution in [0.2, 0.25) is 0 Å². The summed E-state index contributed by atoms with van der Waals surface area (Å²) in [5.41, 5.74) is 8.61. The normalized spacial score (nSPS) is 13.1. The van der Waals surface area contributed by atoms with E-state index in [0.29, 0.717) is 11.8 Å². The van der Waals surface area contributed by atoms with Crippen LogP contribution in [0.4, 0.5) is 11.9 Å². The molecule has 6 nitrogen and oxygen atoms in total. The smallest absolute Gasteiger partial charge is 0.229 e. The van der Waals surface area contributed by atoms with E-state index in [1.165, 1.54) is 11.1 Å². The molecule has 0 fully saturated rings. The van der Waals surface area contributed by atoms with Crippen LogP contribution in [-0.2, 0) is 12.0 Å². The second kappa shape index (κ2) is 7.35. The fraction of sp³-hybridized carbons (Fsp3) is 0.526. The predicted octanol–water partition coefficient (Wildman–Crippen LogP) is 3.01. The molecule has 0 aliphatic rings. The fourth-order valence-electron chi connectivity index (χ4n) is 2.52. The largest absolute Gasteiger partial charge is 0.368 e. The molecule has 0 saturated heterocycles. The van der Waals surface area contributed by atoms with Gasteiger partial charge in [-0.2, -0.15) is 15.0 Å². The van der Waals surface area contributed by atoms with Gasteiger partial charge in [-0.15, -0.1) is 0 Å². The number of hydrogen-bond donors (Lipinski definition) is 1. The van der Waals surface area contributed by atoms with Crippen LogP contribution >= 0.6 is 0 Å². The molecule has 0 radical (unpaired) electrons. The van der Waals surface area contributed by atoms with Gasteiger partial charge in [-0.3, -0.25) is 4.90 Å². The number of aromatic nitrogens is 3. The number of hydrogen-bond acceptors (Lipinski definition) is 6. The molecule has 2 aromatic rings. The molecule has 0 spiro atoms. The minimum atomic E-state index is 0.0336. The van der Waals surface area contributed by atoms with Crippen molar-refractivity contribution in [3.8, 4) is 0 Å². The first-order valence-electron chi connectivity index (χ1n) is 8.56. The van der Waals surface area contributed by atoms with Crippen LogP contribution in [0.25, 0.3) is 0 Å². The minimum absolute atomic E-state index is 0.0336. The van der Waals surface area contributed by atoms with E-state index in [4.69, 9.17) is 5.73 Å². The number of nitrogens with zero attached hydrogens (tertiary/aromatic N) is 5. The van der Waals surface area contributed by atoms with Crippen LogP contribution in [-0.4, -0.2) is 41.0 Å². The van der Waals surface area contributed by atoms with Crippen molar-refractivity contribution in [3.05, 3.63) is 41.2 Å². The number of anilines is 2. The highest BCUT2D eigenvalue weighted by Gasteiger charge is 2.18. The maximum Gasteiger partial charge on any atom is 0.229 e. The second-order valence-corrected chi connectivity index (χ2v) is 7.78. The Morgan fingerprint density at radius 2 is 1.60 bits per heavy atom. The lowest BCUT2D eigenvalue weighted by molar-refractivity contribution is 0.243. The van der Waals surface area contributed by atoms with E-state index in [0.717, 1.165) is 6.54 Å². The third-order valence-electron chi connectivity index (χ3n) is 4.34. The molecular weight excluding hydrogens is 312 g/mol. The Morgan fingerprint density at radius 1 is 1.00 bits per heavy atom. The third-order valence-corrected chi connectivity index (χ3v) is 4.34. The molecule has 0 amide bonds. The number of nitrogen functional groups attached to an aromatic ring is 1. The molecule has 0 unspecified atom stereocenters. The molecule has 2 rings (SSSR count). The molecule has 6 heteroatoms. The first-order valence-corrected chi connectivity index (χ1v) is 8.56. The van der Waals surface area contributed by atoms with Gasteiger partial charge in [0.25, 0.3) is 0 Å². The SMILES string of the molecule is C[C@H](c1nc(N)nc(N(C)C)n1)N(C)Cc1ccc(C(C)(C)C)cc1. The van der Waals surface area contributed by atoms with Gasteiger partial charge < -0.3 is 10.6 Å². The van der Waals surface area contributed by atoms with Crippen LogP contribution in [0.5, 0.6) is 0 Å². The van der Waals surface area contributed by atoms with Crippen LogP contribution in [0.3, 0.4) is 0 Å². The Balaban J connectivity index is 2.14. The van der Waals surface area contributed by atoms with Crippen molar-refractivity contribution >= 4 is 11.9 Å². The summed E-state index contributed by atoms with van der Waals surface area (Å²) in [5.74, 6) is 1.52. The van der Waals surface area contributed by atoms with Gasteiger partial charge in [0.15, 0.2) is 5.82 Å². The van der Waals surface area contributed by atoms with Gasteiger partial charge in [0.2, 0.25) is 11.9 Å². The van der Waals surface area contributed by atoms with Crippen molar-refractivity contribution in [2.45, 2.75) is 45.7 Å². The van der Waals surface area contributed by atoms with Gasteiger partial charge in [0, 0.05) is 20.6 Å². The molecule has 136 valence electrons. The summed E-state index contributed by atoms with van der Waals surface area (Å²) in [6, 6.07) is 8.83. The van der Waals surface area contributed by atoms with Gasteiger partial charge in [-0.05, 0) is 30.5 Å². The van der Waals surface area contributed by atoms with Gasteiger partial charge in [-0.25, -0.2) is 0 Å². The van der Waals surface area contributed by atoms with Crippen molar-refractivity contribution < 1.29 is 0 Å². The van der Waals surface area contributed by atoms with Crippen molar-refractivity contribution in [1.82, 2.24) is 19.9 Å². The Labute approximate surface area is 151 Å². The van der Waals surface area contributed by atoms with Gasteiger partial charge >= 0.3 is 0 Å². The number of nitrogens with two attached hydrogens (primary N) is 1. The molecule has 0 aliphatic carbocycles. The van der Waals surface area contributed by atoms with E-state index in [1.807, 2.05) is 19.0 Å². The average Bonchev–Trinajstić information content (AvgIpc) is 2.53. The standard InChI is InChI=1S/C19H30N6/c1-13(16-21-17(20)23-18(22-16)24(5)6)25(7)12-14-8-10-15(11-9-14)19(2,3)4/h8-11,13H,12H2,1-7H3,(H2,20,21,22,23)/t13-/m1/s1. The Hall–Kier alpha value is -2.21. The van der Waals surface area contributed by atoms with Crippen molar-refractivity contribution in [2.75, 3.05) is 31.8 Å². The summed E-state index contributed by atoms with van der Waals surface area (Å²) >= 11 is 0. The van der Waals surface area contributed by atoms with Crippen LogP contribution in [0.15, 0.2) is 24.3 Å². The molecule has 0 aliphatic heterocycles. The molecular formula is C19H30N6. The lowest BCUT2D eigenvalue weighted by Crippen LogP contribution is -2.25. The zero-order valence-corrected chi connectivity index (χ0v) is 16.4. The second-order valence-electron chi connectivity index (χ2n) is 7.78. The topological polar surface area (TPSA) is 71.2 Å². The molecule has 0 bridgehead atoms. The summed E-state index contributed by atoms with van der Waals surface area (Å²) in [4.78, 5) is 17.0. The summed E-state index contributed by atoms with van der Waals surface area (Å²) in [6.07, 6.45) is 0. The Kier molecular flexibility index (Phi) is 5.62. The van der Waals surface area contributed by atoms with Crippen molar-refractivity contribution in [2.24, 2.45) is 0 Å². The summed E-state index contributed by atoms with van der Waals surface area (Å²) in [6.45, 7) is 9.57. The van der Waals surface area contributed by atoms with E-state index in [9.17, 15) is 0 Å². The minimum Gasteiger partial charge on any atom is -0.368 e. The van der Waals surface area contributed by atoms with Crippen molar-refractivity contribution in [1.29, 1.82) is 0 Å². The highest BCUT2D eigenvalue weighted by Crippen LogP contribution is 2.24. The zero-order valence-electron chi connectivity index (χ0n) is 16.4. The fourth-order valence-corrected chi connectivity index (χ4v) is 2.52. The summed E-state index contributed by atoms with van der Waals surface area (Å²) < 4.78 is 0. The maximum atomic E-state index is 5.84. The lowest BCUT2D eigenvalue weighted by atomic mass is 9.87. The van der Waals surface area contributed by atoms with Gasteiger partial charge in [-0.1, -0.05) is 45.0 Å². The summed E-state index contributed by atoms with van der Waals surface area (Å²) in [5, 5.41) is 0. The molecule has 25 heavy (non-hydrogen) atoms. The van der Waals surface area contributed by atoms with E-state index in [-0.39, 0.29) is 17.4 Å². The third kappa shape index (κ3) is 4.89. The Bertz CT molecular complexity index is 703. The van der Waals surface area contributed by atoms with E-state index in [2.05, 4.69) is 78.9 Å². The maximum absolute atomic E-state index is 5.84. The first kappa shape index (κ1) is 19.1. The molecule has 1 atom stereocenters. The molecule has 1 aromatic carbocycles. The highest BCUT2D eigenvalue weighted by molar-refractivity contribution is 5.33. The number of benzene rings is 1. The zero-order chi connectivity index (χ0) is 18.8. The molecule has 0 saturated carbocycles. The first-order chi connectivity index (χ1) is 11.6. The van der Waals surface area contributed by atoms with Crippen LogP contribution in [0.1, 0.15) is 50.7 Å². The molecule has 1 heterocycles. The van der Waals surface area contributed by atoms with Gasteiger partial charge in [0.1, 0.15) is 0 Å². The Morgan fingerprint density at radius 3 is 2.12 bits per heavy atom. The summed E-state index contributed by atoms with van der Waals surface area (Å²) in [7, 11) is 5.85. The quantitative estimate of drug-likeness (QED) is 0.900. The number of rotatable bonds is 5. The van der Waals surface area contributed by atoms with E-state index < -0.39 is 0 Å². The average molecular weight is 342 g/mol. The monoisotopic (exact) mass is 342 g/mol. The van der Waals surface area contributed by atoms with E-state index in [1.54, 1.807) is 0 Å². The molecule has 2 N–H and O–H groups in total. The van der Waals surface area contributed by atoms with Crippen LogP contribution in [0, 0.1) is 0 Å². The highest BCUT2D eigenvalue weighted by atomic mass is 15.3. The van der Waals surface area contributed by atoms with Crippen molar-refractivity contribution in [3.63, 3.8) is 0 Å². The van der Waals surface area contributed by atoms with E-state index >= 15 is 0 Å². The molecule has 1 aromatic heterocycles. The predicted molar refractivity (Wildman–Crippen MR) is 104 cm³/mol.